The Morgan fingerprint density at radius 2 is 0.333 bits per heavy atom. The van der Waals surface area contributed by atoms with Crippen molar-refractivity contribution in [1.82, 2.24) is 0 Å². The Morgan fingerprint density at radius 3 is 0.333 bits per heavy atom. The molecule has 0 aliphatic heterocycles. The number of halogens is 9. The zero-order chi connectivity index (χ0) is 45.7. The lowest BCUT2D eigenvalue weighted by Gasteiger charge is -1.89. The van der Waals surface area contributed by atoms with Gasteiger partial charge in [0.15, 0.2) is 12.9 Å². The molecule has 0 saturated heterocycles. The first-order valence-corrected chi connectivity index (χ1v) is 19.2. The minimum atomic E-state index is -0.750. The van der Waals surface area contributed by atoms with E-state index in [2.05, 4.69) is 33.2 Å². The SMILES string of the molecule is CCOC(C)=O.CCOC(C)=O.CCOC(C)=O.CCOC(C)=O.CCOC(C)=O.CCOC(C)=O.CCOC(C)=O.ClC(Cl)Cl.ClC(Cl)Cl.ClC(Cl)Cl. The van der Waals surface area contributed by atoms with Crippen molar-refractivity contribution in [1.29, 1.82) is 0 Å². The van der Waals surface area contributed by atoms with Gasteiger partial charge in [0.2, 0.25) is 0 Å². The Kier molecular flexibility index (Phi) is 105. The molecule has 0 amide bonds. The van der Waals surface area contributed by atoms with Gasteiger partial charge in [-0.15, -0.1) is 0 Å². The third-order valence-electron chi connectivity index (χ3n) is 2.43. The molecule has 0 unspecified atom stereocenters. The van der Waals surface area contributed by atoms with Crippen LogP contribution < -0.4 is 0 Å². The number of hydrogen-bond acceptors (Lipinski definition) is 14. The first-order chi connectivity index (χ1) is 24.6. The molecule has 0 saturated carbocycles. The van der Waals surface area contributed by atoms with Crippen LogP contribution in [0.3, 0.4) is 0 Å². The van der Waals surface area contributed by atoms with Gasteiger partial charge < -0.3 is 33.2 Å². The number of ether oxygens (including phenoxy) is 7. The number of alkyl halides is 9. The van der Waals surface area contributed by atoms with Gasteiger partial charge in [-0.25, -0.2) is 0 Å². The van der Waals surface area contributed by atoms with Crippen LogP contribution in [0.5, 0.6) is 0 Å². The summed E-state index contributed by atoms with van der Waals surface area (Å²) < 4.78 is 28.6. The molecule has 0 aliphatic carbocycles. The van der Waals surface area contributed by atoms with Crippen LogP contribution in [0.2, 0.25) is 0 Å². The van der Waals surface area contributed by atoms with Crippen LogP contribution in [0.1, 0.15) is 96.9 Å². The average Bonchev–Trinajstić information content (AvgIpc) is 2.94. The highest BCUT2D eigenvalue weighted by Crippen LogP contribution is 2.04. The zero-order valence-corrected chi connectivity index (χ0v) is 40.1. The molecule has 0 aromatic carbocycles. The van der Waals surface area contributed by atoms with Crippen LogP contribution >= 0.6 is 104 Å². The van der Waals surface area contributed by atoms with Crippen LogP contribution in [0, 0.1) is 0 Å². The second-order valence-corrected chi connectivity index (χ2v) is 13.2. The summed E-state index contributed by atoms with van der Waals surface area (Å²) >= 11 is 43.3. The van der Waals surface area contributed by atoms with Crippen molar-refractivity contribution in [3.63, 3.8) is 0 Å². The Hall–Kier alpha value is -1.10. The molecule has 0 spiro atoms. The van der Waals surface area contributed by atoms with Crippen LogP contribution in [0.25, 0.3) is 0 Å². The summed E-state index contributed by atoms with van der Waals surface area (Å²) in [5.41, 5.74) is 0. The van der Waals surface area contributed by atoms with Crippen molar-refractivity contribution < 1.29 is 66.7 Å². The summed E-state index contributed by atoms with van der Waals surface area (Å²) in [7, 11) is 0. The van der Waals surface area contributed by atoms with Gasteiger partial charge in [0, 0.05) is 48.5 Å². The second-order valence-electron chi connectivity index (χ2n) is 7.21. The number of carbonyl (C=O) groups excluding carboxylic acids is 7. The fourth-order valence-electron chi connectivity index (χ4n) is 1.42. The van der Waals surface area contributed by atoms with Gasteiger partial charge in [0.1, 0.15) is 0 Å². The first kappa shape index (κ1) is 77.4. The molecule has 14 nitrogen and oxygen atoms in total. The van der Waals surface area contributed by atoms with E-state index in [1.54, 1.807) is 48.5 Å². The molecule has 330 valence electrons. The highest BCUT2D eigenvalue weighted by Gasteiger charge is 1.85. The lowest BCUT2D eigenvalue weighted by Crippen LogP contribution is -1.95. The van der Waals surface area contributed by atoms with E-state index >= 15 is 0 Å². The maximum atomic E-state index is 9.82. The Morgan fingerprint density at radius 1 is 0.278 bits per heavy atom. The van der Waals surface area contributed by atoms with Gasteiger partial charge in [0.25, 0.3) is 0 Å². The van der Waals surface area contributed by atoms with Crippen molar-refractivity contribution in [3.8, 4) is 0 Å². The van der Waals surface area contributed by atoms with Gasteiger partial charge >= 0.3 is 41.8 Å². The summed E-state index contributed by atoms with van der Waals surface area (Å²) in [6, 6.07) is 0. The molecule has 0 heterocycles. The van der Waals surface area contributed by atoms with Gasteiger partial charge in [-0.05, 0) is 48.5 Å². The van der Waals surface area contributed by atoms with Gasteiger partial charge in [-0.1, -0.05) is 104 Å². The molecule has 0 aliphatic rings. The normalized spacial score (nSPS) is 7.96. The highest BCUT2D eigenvalue weighted by molar-refractivity contribution is 6.63. The van der Waals surface area contributed by atoms with Crippen LogP contribution in [0.4, 0.5) is 0 Å². The van der Waals surface area contributed by atoms with Gasteiger partial charge in [-0.3, -0.25) is 33.6 Å². The molecule has 0 radical (unpaired) electrons. The van der Waals surface area contributed by atoms with E-state index in [9.17, 15) is 33.6 Å². The molecule has 0 N–H and O–H groups in total. The molecule has 0 bridgehead atoms. The maximum absolute atomic E-state index is 9.82. The molecule has 54 heavy (non-hydrogen) atoms. The fraction of sp³-hybridized carbons (Fsp3) is 0.774. The van der Waals surface area contributed by atoms with Crippen LogP contribution in [-0.4, -0.2) is 101 Å². The number of carbonyl (C=O) groups is 7. The van der Waals surface area contributed by atoms with E-state index in [0.29, 0.717) is 46.2 Å². The maximum Gasteiger partial charge on any atom is 0.302 e. The van der Waals surface area contributed by atoms with Gasteiger partial charge in [0.05, 0.1) is 46.2 Å². The fourth-order valence-corrected chi connectivity index (χ4v) is 1.42. The van der Waals surface area contributed by atoms with Gasteiger partial charge in [-0.2, -0.15) is 0 Å². The number of hydrogen-bond donors (Lipinski definition) is 0. The first-order valence-electron chi connectivity index (χ1n) is 15.3. The van der Waals surface area contributed by atoms with Crippen molar-refractivity contribution in [2.24, 2.45) is 0 Å². The summed E-state index contributed by atoms with van der Waals surface area (Å²) in [4.78, 5) is 68.8. The van der Waals surface area contributed by atoms with Crippen molar-refractivity contribution in [3.05, 3.63) is 0 Å². The van der Waals surface area contributed by atoms with Crippen LogP contribution in [0.15, 0.2) is 0 Å². The Balaban J connectivity index is -0.0000000500. The van der Waals surface area contributed by atoms with E-state index < -0.39 is 12.9 Å². The molecule has 0 aromatic rings. The minimum absolute atomic E-state index is 0.211. The third kappa shape index (κ3) is 320. The molecule has 0 rings (SSSR count). The molecular weight excluding hydrogens is 915 g/mol. The average molecular weight is 975 g/mol. The molecule has 0 aromatic heterocycles. The largest absolute Gasteiger partial charge is 0.466 e. The summed E-state index contributed by atoms with van der Waals surface area (Å²) in [5, 5.41) is 0. The lowest BCUT2D eigenvalue weighted by atomic mass is 10.8. The smallest absolute Gasteiger partial charge is 0.302 e. The molecule has 0 fully saturated rings. The standard InChI is InChI=1S/7C4H8O2.3CHCl3/c7*1-3-6-4(2)5;3*2-1(3)4/h7*3H2,1-2H3;3*1H. The quantitative estimate of drug-likeness (QED) is 0.133. The van der Waals surface area contributed by atoms with E-state index in [0.717, 1.165) is 0 Å². The topological polar surface area (TPSA) is 184 Å². The molecule has 23 heteroatoms. The predicted molar refractivity (Wildman–Crippen MR) is 220 cm³/mol. The van der Waals surface area contributed by atoms with E-state index in [4.69, 9.17) is 104 Å². The van der Waals surface area contributed by atoms with Crippen molar-refractivity contribution in [2.75, 3.05) is 46.2 Å². The summed E-state index contributed by atoms with van der Waals surface area (Å²) in [5.74, 6) is -1.47. The molecular formula is C31H59Cl9O14. The van der Waals surface area contributed by atoms with Crippen LogP contribution in [-0.2, 0) is 66.7 Å². The van der Waals surface area contributed by atoms with E-state index in [1.807, 2.05) is 0 Å². The summed E-state index contributed by atoms with van der Waals surface area (Å²) in [6.45, 7) is 25.6. The highest BCUT2D eigenvalue weighted by atomic mass is 35.6. The van der Waals surface area contributed by atoms with E-state index in [-0.39, 0.29) is 41.8 Å². The van der Waals surface area contributed by atoms with Crippen molar-refractivity contribution >= 4 is 146 Å². The third-order valence-corrected chi connectivity index (χ3v) is 2.43. The second kappa shape index (κ2) is 73.1. The number of esters is 7. The summed E-state index contributed by atoms with van der Waals surface area (Å²) in [6.07, 6.45) is 0. The van der Waals surface area contributed by atoms with E-state index in [1.165, 1.54) is 48.5 Å². The predicted octanol–water partition coefficient (Wildman–Crippen LogP) is 9.94. The minimum Gasteiger partial charge on any atom is -0.466 e. The zero-order valence-electron chi connectivity index (χ0n) is 33.3. The van der Waals surface area contributed by atoms with Crippen molar-refractivity contribution in [2.45, 2.75) is 110 Å². The number of rotatable bonds is 7. The Bertz CT molecular complexity index is 645. The Labute approximate surface area is 366 Å². The lowest BCUT2D eigenvalue weighted by molar-refractivity contribution is -0.141. The monoisotopic (exact) mass is 970 g/mol. The molecule has 0 atom stereocenters.